The fraction of sp³-hybridized carbons (Fsp3) is 0.435. The molecule has 0 aliphatic carbocycles. The molecule has 6 nitrogen and oxygen atoms in total. The Hall–Kier alpha value is -2.59. The molecule has 2 atom stereocenters. The Morgan fingerprint density at radius 1 is 1.09 bits per heavy atom. The van der Waals surface area contributed by atoms with Crippen molar-refractivity contribution in [2.75, 3.05) is 11.4 Å². The highest BCUT2D eigenvalue weighted by atomic mass is 32.2. The van der Waals surface area contributed by atoms with Gasteiger partial charge in [0.15, 0.2) is 0 Å². The Bertz CT molecular complexity index is 1010. The number of amides is 3. The zero-order chi connectivity index (χ0) is 23.8. The number of pyridine rings is 1. The number of carbonyl (C=O) groups is 2. The number of thioether (sulfide) groups is 1. The van der Waals surface area contributed by atoms with Crippen LogP contribution < -0.4 is 10.2 Å². The molecule has 0 spiro atoms. The van der Waals surface area contributed by atoms with Crippen LogP contribution in [-0.2, 0) is 4.79 Å². The molecule has 33 heavy (non-hydrogen) atoms. The molecule has 2 unspecified atom stereocenters. The molecule has 2 saturated heterocycles. The number of alkyl halides is 3. The highest BCUT2D eigenvalue weighted by Crippen LogP contribution is 2.42. The third-order valence-corrected chi connectivity index (χ3v) is 6.85. The minimum absolute atomic E-state index is 0.0115. The number of urea groups is 1. The van der Waals surface area contributed by atoms with Crippen molar-refractivity contribution in [2.24, 2.45) is 0 Å². The van der Waals surface area contributed by atoms with Gasteiger partial charge in [-0.3, -0.25) is 9.78 Å². The van der Waals surface area contributed by atoms with Crippen molar-refractivity contribution in [2.45, 2.75) is 61.1 Å². The van der Waals surface area contributed by atoms with Crippen LogP contribution in [0.1, 0.15) is 44.7 Å². The van der Waals surface area contributed by atoms with Gasteiger partial charge in [-0.2, -0.15) is 13.2 Å². The first-order valence-electron chi connectivity index (χ1n) is 10.8. The number of aromatic nitrogens is 1. The summed E-state index contributed by atoms with van der Waals surface area (Å²) in [6, 6.07) is 8.07. The van der Waals surface area contributed by atoms with Crippen LogP contribution in [0.15, 0.2) is 53.7 Å². The van der Waals surface area contributed by atoms with Crippen molar-refractivity contribution >= 4 is 29.4 Å². The fourth-order valence-electron chi connectivity index (χ4n) is 4.57. The van der Waals surface area contributed by atoms with Gasteiger partial charge in [-0.05, 0) is 87.0 Å². The van der Waals surface area contributed by atoms with Gasteiger partial charge in [-0.1, -0.05) is 6.42 Å². The van der Waals surface area contributed by atoms with Crippen LogP contribution in [-0.4, -0.2) is 45.5 Å². The summed E-state index contributed by atoms with van der Waals surface area (Å²) in [7, 11) is 0. The van der Waals surface area contributed by atoms with Crippen molar-refractivity contribution in [3.8, 4) is 0 Å². The van der Waals surface area contributed by atoms with Gasteiger partial charge in [-0.15, -0.1) is 0 Å². The van der Waals surface area contributed by atoms with Gasteiger partial charge >= 0.3 is 11.5 Å². The second-order valence-electron chi connectivity index (χ2n) is 8.68. The number of carbonyl (C=O) groups excluding carboxylic acids is 2. The predicted molar refractivity (Wildman–Crippen MR) is 120 cm³/mol. The smallest absolute Gasteiger partial charge is 0.312 e. The lowest BCUT2D eigenvalue weighted by Gasteiger charge is -2.41. The van der Waals surface area contributed by atoms with Gasteiger partial charge in [0, 0.05) is 23.3 Å². The van der Waals surface area contributed by atoms with Crippen LogP contribution in [0.2, 0.25) is 0 Å². The quantitative estimate of drug-likeness (QED) is 0.477. The van der Waals surface area contributed by atoms with Gasteiger partial charge in [0.25, 0.3) is 5.91 Å². The Balaban J connectivity index is 1.70. The van der Waals surface area contributed by atoms with Crippen molar-refractivity contribution in [1.82, 2.24) is 15.2 Å². The van der Waals surface area contributed by atoms with E-state index in [4.69, 9.17) is 0 Å². The van der Waals surface area contributed by atoms with Crippen LogP contribution in [0.25, 0.3) is 0 Å². The molecule has 1 aromatic heterocycles. The molecule has 0 saturated carbocycles. The standard InChI is InChI=1S/C23H25F3N4O2S/c1-22(2)20(31)29(16-6-8-17(9-7-16)33-23(24,25)26)21(32)30(22)19(15-10-13-27-14-11-15)18-5-3-4-12-28-18/h6-11,13-14,18-19,28H,3-5,12H2,1-2H3. The van der Waals surface area contributed by atoms with Gasteiger partial charge in [0.1, 0.15) is 5.54 Å². The Morgan fingerprint density at radius 3 is 2.33 bits per heavy atom. The molecular formula is C23H25F3N4O2S. The number of imide groups is 1. The molecule has 2 aliphatic rings. The summed E-state index contributed by atoms with van der Waals surface area (Å²) in [4.78, 5) is 33.9. The number of anilines is 1. The largest absolute Gasteiger partial charge is 0.446 e. The Kier molecular flexibility index (Phi) is 6.41. The molecule has 0 bridgehead atoms. The molecule has 10 heteroatoms. The average Bonchev–Trinajstić information content (AvgIpc) is 2.95. The van der Waals surface area contributed by atoms with Gasteiger partial charge in [0.2, 0.25) is 0 Å². The minimum Gasteiger partial charge on any atom is -0.312 e. The number of nitrogens with one attached hydrogen (secondary N) is 1. The van der Waals surface area contributed by atoms with Crippen molar-refractivity contribution in [3.63, 3.8) is 0 Å². The number of rotatable bonds is 5. The molecule has 2 fully saturated rings. The maximum absolute atomic E-state index is 13.7. The van der Waals surface area contributed by atoms with Crippen LogP contribution >= 0.6 is 11.8 Å². The van der Waals surface area contributed by atoms with E-state index in [-0.39, 0.29) is 28.4 Å². The highest BCUT2D eigenvalue weighted by molar-refractivity contribution is 8.00. The van der Waals surface area contributed by atoms with Gasteiger partial charge in [-0.25, -0.2) is 9.69 Å². The lowest BCUT2D eigenvalue weighted by molar-refractivity contribution is -0.124. The van der Waals surface area contributed by atoms with E-state index in [1.165, 1.54) is 24.3 Å². The number of nitrogens with zero attached hydrogens (tertiary/aromatic N) is 3. The van der Waals surface area contributed by atoms with E-state index >= 15 is 0 Å². The zero-order valence-electron chi connectivity index (χ0n) is 18.3. The van der Waals surface area contributed by atoms with Gasteiger partial charge < -0.3 is 10.2 Å². The number of halogens is 3. The molecule has 176 valence electrons. The molecule has 4 rings (SSSR count). The van der Waals surface area contributed by atoms with Crippen LogP contribution in [0.5, 0.6) is 0 Å². The van der Waals surface area contributed by atoms with Crippen molar-refractivity contribution in [1.29, 1.82) is 0 Å². The van der Waals surface area contributed by atoms with Gasteiger partial charge in [0.05, 0.1) is 11.7 Å². The van der Waals surface area contributed by atoms with E-state index in [0.717, 1.165) is 36.3 Å². The van der Waals surface area contributed by atoms with Crippen LogP contribution in [0, 0.1) is 0 Å². The average molecular weight is 479 g/mol. The molecule has 1 aromatic carbocycles. The highest BCUT2D eigenvalue weighted by Gasteiger charge is 2.55. The maximum atomic E-state index is 13.7. The van der Waals surface area contributed by atoms with Crippen molar-refractivity contribution < 1.29 is 22.8 Å². The molecule has 2 aromatic rings. The molecule has 3 heterocycles. The molecular weight excluding hydrogens is 453 g/mol. The summed E-state index contributed by atoms with van der Waals surface area (Å²) in [5.74, 6) is -0.418. The summed E-state index contributed by atoms with van der Waals surface area (Å²) in [5.41, 5.74) is -4.44. The number of piperidine rings is 1. The Labute approximate surface area is 194 Å². The van der Waals surface area contributed by atoms with E-state index in [9.17, 15) is 22.8 Å². The predicted octanol–water partition coefficient (Wildman–Crippen LogP) is 5.12. The lowest BCUT2D eigenvalue weighted by atomic mass is 9.89. The number of hydrogen-bond donors (Lipinski definition) is 1. The SMILES string of the molecule is CC1(C)C(=O)N(c2ccc(SC(F)(F)F)cc2)C(=O)N1C(c1ccncc1)C1CCCCN1. The van der Waals surface area contributed by atoms with Crippen molar-refractivity contribution in [3.05, 3.63) is 54.4 Å². The van der Waals surface area contributed by atoms with E-state index in [0.29, 0.717) is 0 Å². The summed E-state index contributed by atoms with van der Waals surface area (Å²) >= 11 is -0.238. The summed E-state index contributed by atoms with van der Waals surface area (Å²) < 4.78 is 38.0. The second-order valence-corrected chi connectivity index (χ2v) is 9.81. The van der Waals surface area contributed by atoms with Crippen LogP contribution in [0.4, 0.5) is 23.7 Å². The molecule has 0 radical (unpaired) electrons. The summed E-state index contributed by atoms with van der Waals surface area (Å²) in [5, 5.41) is 3.50. The van der Waals surface area contributed by atoms with E-state index in [2.05, 4.69) is 10.3 Å². The first kappa shape index (κ1) is 23.6. The fourth-order valence-corrected chi connectivity index (χ4v) is 5.11. The van der Waals surface area contributed by atoms with E-state index in [1.54, 1.807) is 31.1 Å². The van der Waals surface area contributed by atoms with E-state index < -0.39 is 29.0 Å². The first-order chi connectivity index (χ1) is 15.6. The summed E-state index contributed by atoms with van der Waals surface area (Å²) in [6.45, 7) is 4.24. The molecule has 3 amide bonds. The molecule has 1 N–H and O–H groups in total. The van der Waals surface area contributed by atoms with E-state index in [1.807, 2.05) is 12.1 Å². The third kappa shape index (κ3) is 4.72. The zero-order valence-corrected chi connectivity index (χ0v) is 19.1. The first-order valence-corrected chi connectivity index (χ1v) is 11.6. The Morgan fingerprint density at radius 2 is 1.76 bits per heavy atom. The second kappa shape index (κ2) is 8.98. The monoisotopic (exact) mass is 478 g/mol. The topological polar surface area (TPSA) is 65.5 Å². The lowest BCUT2D eigenvalue weighted by Crippen LogP contribution is -2.53. The molecule has 2 aliphatic heterocycles. The minimum atomic E-state index is -4.41. The van der Waals surface area contributed by atoms with Crippen LogP contribution in [0.3, 0.4) is 0 Å². The third-order valence-electron chi connectivity index (χ3n) is 6.11. The number of benzene rings is 1. The maximum Gasteiger partial charge on any atom is 0.446 e. The summed E-state index contributed by atoms with van der Waals surface area (Å²) in [6.07, 6.45) is 6.23. The number of hydrogen-bond acceptors (Lipinski definition) is 5. The normalized spacial score (nSPS) is 22.0.